The van der Waals surface area contributed by atoms with E-state index in [1.807, 2.05) is 13.8 Å². The number of ether oxygens (including phenoxy) is 1. The Labute approximate surface area is 122 Å². The van der Waals surface area contributed by atoms with Gasteiger partial charge in [0, 0.05) is 24.1 Å². The number of hydrogen-bond donors (Lipinski definition) is 1. The van der Waals surface area contributed by atoms with Crippen LogP contribution in [0.4, 0.5) is 4.39 Å². The maximum atomic E-state index is 13.0. The highest BCUT2D eigenvalue weighted by molar-refractivity contribution is 7.63. The van der Waals surface area contributed by atoms with Crippen molar-refractivity contribution in [1.82, 2.24) is 9.55 Å². The first-order chi connectivity index (χ1) is 9.85. The second-order valence-electron chi connectivity index (χ2n) is 4.99. The van der Waals surface area contributed by atoms with Crippen LogP contribution in [0.25, 0.3) is 0 Å². The lowest BCUT2D eigenvalue weighted by molar-refractivity contribution is 0.0504. The lowest BCUT2D eigenvalue weighted by Crippen LogP contribution is -2.35. The van der Waals surface area contributed by atoms with Gasteiger partial charge in [-0.2, -0.15) is 0 Å². The minimum Gasteiger partial charge on any atom is -0.366 e. The van der Waals surface area contributed by atoms with Gasteiger partial charge in [0.25, 0.3) is 5.56 Å². The van der Waals surface area contributed by atoms with E-state index in [1.54, 1.807) is 6.92 Å². The molecule has 1 rings (SSSR count). The van der Waals surface area contributed by atoms with Crippen molar-refractivity contribution in [2.75, 3.05) is 25.3 Å². The van der Waals surface area contributed by atoms with Crippen molar-refractivity contribution in [3.63, 3.8) is 0 Å². The Bertz CT molecular complexity index is 617. The maximum absolute atomic E-state index is 13.0. The van der Waals surface area contributed by atoms with E-state index in [-0.39, 0.29) is 12.9 Å². The quantitative estimate of drug-likeness (QED) is 0.737. The van der Waals surface area contributed by atoms with E-state index in [2.05, 4.69) is 4.98 Å². The summed E-state index contributed by atoms with van der Waals surface area (Å²) < 4.78 is 31.8. The first-order valence-corrected chi connectivity index (χ1v) is 9.16. The van der Waals surface area contributed by atoms with Gasteiger partial charge >= 0.3 is 5.69 Å². The summed E-state index contributed by atoms with van der Waals surface area (Å²) in [6, 6.07) is 0. The van der Waals surface area contributed by atoms with Crippen LogP contribution in [0.3, 0.4) is 0 Å². The molecule has 0 saturated carbocycles. The molecule has 0 aliphatic rings. The fourth-order valence-corrected chi connectivity index (χ4v) is 3.06. The van der Waals surface area contributed by atoms with Crippen LogP contribution < -0.4 is 11.2 Å². The zero-order valence-corrected chi connectivity index (χ0v) is 13.5. The van der Waals surface area contributed by atoms with E-state index < -0.39 is 31.2 Å². The summed E-state index contributed by atoms with van der Waals surface area (Å²) in [6.45, 7) is 4.36. The van der Waals surface area contributed by atoms with Gasteiger partial charge in [0.2, 0.25) is 0 Å². The molecule has 0 aliphatic heterocycles. The van der Waals surface area contributed by atoms with E-state index in [0.29, 0.717) is 17.9 Å². The number of hydrogen-bond acceptors (Lipinski definition) is 4. The van der Waals surface area contributed by atoms with E-state index in [1.165, 1.54) is 10.8 Å². The van der Waals surface area contributed by atoms with Crippen molar-refractivity contribution in [3.05, 3.63) is 32.6 Å². The molecule has 0 unspecified atom stereocenters. The number of aryl methyl sites for hydroxylation is 1. The van der Waals surface area contributed by atoms with Gasteiger partial charge in [-0.25, -0.2) is 9.18 Å². The maximum Gasteiger partial charge on any atom is 0.328 e. The Balaban J connectivity index is 2.80. The van der Waals surface area contributed by atoms with Crippen LogP contribution in [0.5, 0.6) is 0 Å². The standard InChI is InChI=1S/C13H22FN2O4P/c1-4-21(19,5-2)9-20-11(6-14)8-16-7-10(3)12(17)15-13(16)18/h7,11H,4-6,8-9H2,1-3H3,(H,15,17,18)/t11-/m0/s1. The van der Waals surface area contributed by atoms with Crippen molar-refractivity contribution >= 4 is 7.14 Å². The molecule has 0 amide bonds. The van der Waals surface area contributed by atoms with Crippen LogP contribution in [0.15, 0.2) is 15.8 Å². The molecule has 8 heteroatoms. The van der Waals surface area contributed by atoms with Crippen LogP contribution >= 0.6 is 7.14 Å². The first-order valence-electron chi connectivity index (χ1n) is 6.90. The van der Waals surface area contributed by atoms with Gasteiger partial charge in [-0.1, -0.05) is 13.8 Å². The number of rotatable bonds is 8. The SMILES string of the molecule is CCP(=O)(CC)CO[C@@H](CF)Cn1cc(C)c(=O)[nH]c1=O. The smallest absolute Gasteiger partial charge is 0.328 e. The van der Waals surface area contributed by atoms with Gasteiger partial charge in [-0.15, -0.1) is 0 Å². The Morgan fingerprint density at radius 3 is 2.52 bits per heavy atom. The molecule has 0 saturated heterocycles. The Hall–Kier alpha value is -1.20. The highest BCUT2D eigenvalue weighted by atomic mass is 31.2. The summed E-state index contributed by atoms with van der Waals surface area (Å²) in [7, 11) is -2.42. The largest absolute Gasteiger partial charge is 0.366 e. The van der Waals surface area contributed by atoms with Crippen molar-refractivity contribution in [2.24, 2.45) is 0 Å². The Morgan fingerprint density at radius 1 is 1.38 bits per heavy atom. The molecule has 1 aromatic heterocycles. The zero-order valence-electron chi connectivity index (χ0n) is 12.6. The molecular formula is C13H22FN2O4P. The normalized spacial score (nSPS) is 13.3. The summed E-state index contributed by atoms with van der Waals surface area (Å²) in [5, 5.41) is 0. The summed E-state index contributed by atoms with van der Waals surface area (Å²) >= 11 is 0. The number of aromatic nitrogens is 2. The molecule has 0 radical (unpaired) electrons. The van der Waals surface area contributed by atoms with Crippen LogP contribution in [0.2, 0.25) is 0 Å². The minimum absolute atomic E-state index is 0.00563. The van der Waals surface area contributed by atoms with Crippen molar-refractivity contribution in [2.45, 2.75) is 33.4 Å². The number of alkyl halides is 1. The molecule has 1 N–H and O–H groups in total. The summed E-state index contributed by atoms with van der Waals surface area (Å²) in [6.07, 6.45) is 1.51. The van der Waals surface area contributed by atoms with Crippen LogP contribution in [0.1, 0.15) is 19.4 Å². The van der Waals surface area contributed by atoms with Gasteiger partial charge in [0.1, 0.15) is 26.3 Å². The third kappa shape index (κ3) is 4.93. The van der Waals surface area contributed by atoms with E-state index in [4.69, 9.17) is 4.74 Å². The predicted octanol–water partition coefficient (Wildman–Crippen LogP) is 1.56. The molecule has 0 bridgehead atoms. The summed E-state index contributed by atoms with van der Waals surface area (Å²) in [4.78, 5) is 25.1. The first kappa shape index (κ1) is 17.9. The molecule has 1 atom stereocenters. The average Bonchev–Trinajstić information content (AvgIpc) is 2.48. The summed E-state index contributed by atoms with van der Waals surface area (Å²) in [5.74, 6) is 0. The van der Waals surface area contributed by atoms with E-state index >= 15 is 0 Å². The van der Waals surface area contributed by atoms with Crippen molar-refractivity contribution in [3.8, 4) is 0 Å². The van der Waals surface area contributed by atoms with Gasteiger partial charge < -0.3 is 9.30 Å². The Kier molecular flexibility index (Phi) is 6.55. The molecule has 0 spiro atoms. The van der Waals surface area contributed by atoms with Crippen LogP contribution in [-0.2, 0) is 15.8 Å². The lowest BCUT2D eigenvalue weighted by atomic mass is 10.3. The molecule has 21 heavy (non-hydrogen) atoms. The van der Waals surface area contributed by atoms with Crippen molar-refractivity contribution in [1.29, 1.82) is 0 Å². The van der Waals surface area contributed by atoms with Crippen LogP contribution in [-0.4, -0.2) is 41.0 Å². The van der Waals surface area contributed by atoms with E-state index in [0.717, 1.165) is 0 Å². The highest BCUT2D eigenvalue weighted by Crippen LogP contribution is 2.44. The molecule has 0 aromatic carbocycles. The second-order valence-corrected chi connectivity index (χ2v) is 8.63. The summed E-state index contributed by atoms with van der Waals surface area (Å²) in [5.41, 5.74) is -0.711. The highest BCUT2D eigenvalue weighted by Gasteiger charge is 2.21. The molecule has 0 fully saturated rings. The van der Waals surface area contributed by atoms with Gasteiger partial charge in [0.15, 0.2) is 0 Å². The fraction of sp³-hybridized carbons (Fsp3) is 0.692. The number of nitrogens with zero attached hydrogens (tertiary/aromatic N) is 1. The van der Waals surface area contributed by atoms with Gasteiger partial charge in [-0.05, 0) is 6.92 Å². The molecule has 120 valence electrons. The monoisotopic (exact) mass is 320 g/mol. The number of H-pyrrole nitrogens is 1. The van der Waals surface area contributed by atoms with Gasteiger partial charge in [0.05, 0.1) is 6.54 Å². The molecule has 0 aliphatic carbocycles. The third-order valence-electron chi connectivity index (χ3n) is 3.46. The Morgan fingerprint density at radius 2 is 2.00 bits per heavy atom. The van der Waals surface area contributed by atoms with Crippen molar-refractivity contribution < 1.29 is 13.7 Å². The second kappa shape index (κ2) is 7.71. The predicted molar refractivity (Wildman–Crippen MR) is 80.5 cm³/mol. The average molecular weight is 320 g/mol. The lowest BCUT2D eigenvalue weighted by Gasteiger charge is -2.20. The number of aromatic amines is 1. The fourth-order valence-electron chi connectivity index (χ4n) is 1.77. The van der Waals surface area contributed by atoms with Crippen LogP contribution in [0, 0.1) is 6.92 Å². The topological polar surface area (TPSA) is 81.2 Å². The minimum atomic E-state index is -2.42. The van der Waals surface area contributed by atoms with Gasteiger partial charge in [-0.3, -0.25) is 14.3 Å². The number of halogens is 1. The third-order valence-corrected chi connectivity index (χ3v) is 6.38. The zero-order chi connectivity index (χ0) is 16.0. The molecular weight excluding hydrogens is 298 g/mol. The number of nitrogens with one attached hydrogen (secondary N) is 1. The molecule has 6 nitrogen and oxygen atoms in total. The van der Waals surface area contributed by atoms with E-state index in [9.17, 15) is 18.5 Å². The molecule has 1 aromatic rings. The molecule has 1 heterocycles.